The molecule has 1 unspecified atom stereocenters. The van der Waals surface area contributed by atoms with Gasteiger partial charge in [0.05, 0.1) is 0 Å². The largest absolute Gasteiger partial charge is 0.462 e. The third kappa shape index (κ3) is 2.38. The van der Waals surface area contributed by atoms with Gasteiger partial charge in [0.15, 0.2) is 5.78 Å². The van der Waals surface area contributed by atoms with E-state index in [1.54, 1.807) is 6.92 Å². The molecule has 0 amide bonds. The van der Waals surface area contributed by atoms with Gasteiger partial charge >= 0.3 is 5.97 Å². The summed E-state index contributed by atoms with van der Waals surface area (Å²) in [7, 11) is 0. The van der Waals surface area contributed by atoms with Crippen molar-refractivity contribution in [1.29, 1.82) is 0 Å². The molecule has 3 nitrogen and oxygen atoms in total. The number of rotatable bonds is 2. The predicted octanol–water partition coefficient (Wildman–Crippen LogP) is 4.45. The first-order chi connectivity index (χ1) is 11.5. The van der Waals surface area contributed by atoms with Gasteiger partial charge in [0.2, 0.25) is 0 Å². The summed E-state index contributed by atoms with van der Waals surface area (Å²) in [6.07, 6.45) is 12.1. The van der Waals surface area contributed by atoms with Crippen molar-refractivity contribution in [3.63, 3.8) is 0 Å². The molecule has 3 saturated carbocycles. The van der Waals surface area contributed by atoms with E-state index < -0.39 is 0 Å². The third-order valence-corrected chi connectivity index (χ3v) is 7.90. The fraction of sp³-hybridized carbons (Fsp3) is 0.810. The monoisotopic (exact) mass is 330 g/mol. The van der Waals surface area contributed by atoms with Crippen LogP contribution in [0.3, 0.4) is 0 Å². The van der Waals surface area contributed by atoms with Crippen molar-refractivity contribution < 1.29 is 14.3 Å². The molecule has 4 aliphatic carbocycles. The first-order valence-electron chi connectivity index (χ1n) is 9.95. The second-order valence-electron chi connectivity index (χ2n) is 8.60. The Morgan fingerprint density at radius 2 is 2.00 bits per heavy atom. The molecule has 132 valence electrons. The summed E-state index contributed by atoms with van der Waals surface area (Å²) in [6, 6.07) is 0. The molecule has 0 heterocycles. The fourth-order valence-electron chi connectivity index (χ4n) is 6.99. The van der Waals surface area contributed by atoms with Crippen LogP contribution < -0.4 is 0 Å². The topological polar surface area (TPSA) is 43.4 Å². The van der Waals surface area contributed by atoms with E-state index >= 15 is 0 Å². The van der Waals surface area contributed by atoms with Crippen molar-refractivity contribution in [3.8, 4) is 0 Å². The highest BCUT2D eigenvalue weighted by atomic mass is 16.5. The van der Waals surface area contributed by atoms with Gasteiger partial charge in [-0.1, -0.05) is 12.5 Å². The van der Waals surface area contributed by atoms with E-state index in [-0.39, 0.29) is 17.5 Å². The Morgan fingerprint density at radius 3 is 2.75 bits per heavy atom. The van der Waals surface area contributed by atoms with Crippen molar-refractivity contribution in [3.05, 3.63) is 11.6 Å². The fourth-order valence-corrected chi connectivity index (χ4v) is 6.99. The third-order valence-electron chi connectivity index (χ3n) is 7.90. The van der Waals surface area contributed by atoms with Crippen molar-refractivity contribution >= 4 is 11.8 Å². The van der Waals surface area contributed by atoms with E-state index in [1.165, 1.54) is 31.3 Å². The van der Waals surface area contributed by atoms with E-state index in [0.29, 0.717) is 17.6 Å². The molecular weight excluding hydrogens is 300 g/mol. The number of hydrogen-bond acceptors (Lipinski definition) is 3. The van der Waals surface area contributed by atoms with Gasteiger partial charge in [0.1, 0.15) is 6.10 Å². The van der Waals surface area contributed by atoms with Crippen LogP contribution in [0.25, 0.3) is 0 Å². The van der Waals surface area contributed by atoms with Gasteiger partial charge in [-0.15, -0.1) is 0 Å². The Kier molecular flexibility index (Phi) is 4.09. The zero-order valence-electron chi connectivity index (χ0n) is 15.1. The number of allylic oxidation sites excluding steroid dienone is 1. The van der Waals surface area contributed by atoms with Crippen molar-refractivity contribution in [2.24, 2.45) is 29.1 Å². The maximum atomic E-state index is 11.8. The van der Waals surface area contributed by atoms with Gasteiger partial charge in [0.25, 0.3) is 0 Å². The SMILES string of the molecule is CC[C@]12CC[C@H]3[C@@H](CCC4=CC(=O)CC[C@@H]43)[C@@H]1CCC2OC(C)=O. The van der Waals surface area contributed by atoms with Crippen LogP contribution in [0, 0.1) is 29.1 Å². The summed E-state index contributed by atoms with van der Waals surface area (Å²) in [5.41, 5.74) is 1.67. The average Bonchev–Trinajstić information content (AvgIpc) is 2.92. The standard InChI is InChI=1S/C21H30O3/c1-3-21-11-10-17-16-7-5-15(23)12-14(16)4-6-18(17)19(21)8-9-20(21)24-13(2)22/h12,16-20H,3-11H2,1-2H3/t16-,17+,18+,19-,20?,21-/m0/s1. The summed E-state index contributed by atoms with van der Waals surface area (Å²) in [5.74, 6) is 3.13. The van der Waals surface area contributed by atoms with Gasteiger partial charge in [0, 0.05) is 18.8 Å². The van der Waals surface area contributed by atoms with Crippen LogP contribution in [0.2, 0.25) is 0 Å². The molecule has 0 bridgehead atoms. The minimum atomic E-state index is -0.116. The van der Waals surface area contributed by atoms with Crippen LogP contribution >= 0.6 is 0 Å². The number of carbonyl (C=O) groups excluding carboxylic acids is 2. The van der Waals surface area contributed by atoms with E-state index in [9.17, 15) is 9.59 Å². The number of carbonyl (C=O) groups is 2. The van der Waals surface area contributed by atoms with Crippen LogP contribution in [-0.2, 0) is 14.3 Å². The maximum Gasteiger partial charge on any atom is 0.302 e. The minimum absolute atomic E-state index is 0.116. The van der Waals surface area contributed by atoms with E-state index in [2.05, 4.69) is 6.92 Å². The number of ketones is 1. The maximum absolute atomic E-state index is 11.8. The number of hydrogen-bond donors (Lipinski definition) is 0. The van der Waals surface area contributed by atoms with E-state index in [1.807, 2.05) is 6.08 Å². The van der Waals surface area contributed by atoms with Crippen LogP contribution in [0.15, 0.2) is 11.6 Å². The quantitative estimate of drug-likeness (QED) is 0.703. The Labute approximate surface area is 145 Å². The Morgan fingerprint density at radius 1 is 1.17 bits per heavy atom. The van der Waals surface area contributed by atoms with Gasteiger partial charge in [-0.05, 0) is 81.1 Å². The lowest BCUT2D eigenvalue weighted by Gasteiger charge is -2.54. The minimum Gasteiger partial charge on any atom is -0.462 e. The molecular formula is C21H30O3. The molecule has 3 fully saturated rings. The van der Waals surface area contributed by atoms with Crippen LogP contribution in [-0.4, -0.2) is 17.9 Å². The van der Waals surface area contributed by atoms with Gasteiger partial charge in [-0.25, -0.2) is 0 Å². The lowest BCUT2D eigenvalue weighted by atomic mass is 9.51. The molecule has 6 atom stereocenters. The van der Waals surface area contributed by atoms with E-state index in [0.717, 1.165) is 43.9 Å². The highest BCUT2D eigenvalue weighted by Crippen LogP contribution is 2.63. The molecule has 0 spiro atoms. The molecule has 0 aliphatic heterocycles. The number of fused-ring (bicyclic) bond motifs is 5. The Hall–Kier alpha value is -1.12. The molecule has 4 aliphatic rings. The molecule has 0 aromatic rings. The lowest BCUT2D eigenvalue weighted by Crippen LogP contribution is -2.49. The number of ether oxygens (including phenoxy) is 1. The molecule has 4 rings (SSSR count). The molecule has 0 N–H and O–H groups in total. The van der Waals surface area contributed by atoms with Crippen molar-refractivity contribution in [2.75, 3.05) is 0 Å². The van der Waals surface area contributed by atoms with Crippen LogP contribution in [0.1, 0.15) is 71.6 Å². The van der Waals surface area contributed by atoms with Crippen molar-refractivity contribution in [2.45, 2.75) is 77.7 Å². The summed E-state index contributed by atoms with van der Waals surface area (Å²) >= 11 is 0. The molecule has 0 aromatic carbocycles. The highest BCUT2D eigenvalue weighted by molar-refractivity contribution is 5.91. The first-order valence-corrected chi connectivity index (χ1v) is 9.95. The number of esters is 1. The summed E-state index contributed by atoms with van der Waals surface area (Å²) in [5, 5.41) is 0. The molecule has 24 heavy (non-hydrogen) atoms. The predicted molar refractivity (Wildman–Crippen MR) is 92.3 cm³/mol. The zero-order valence-corrected chi connectivity index (χ0v) is 15.1. The summed E-state index contributed by atoms with van der Waals surface area (Å²) < 4.78 is 5.78. The zero-order chi connectivity index (χ0) is 16.9. The Bertz CT molecular complexity index is 578. The van der Waals surface area contributed by atoms with Gasteiger partial charge in [-0.2, -0.15) is 0 Å². The second-order valence-corrected chi connectivity index (χ2v) is 8.60. The average molecular weight is 330 g/mol. The smallest absolute Gasteiger partial charge is 0.302 e. The van der Waals surface area contributed by atoms with Gasteiger partial charge < -0.3 is 4.74 Å². The van der Waals surface area contributed by atoms with Gasteiger partial charge in [-0.3, -0.25) is 9.59 Å². The normalized spacial score (nSPS) is 44.2. The van der Waals surface area contributed by atoms with E-state index in [4.69, 9.17) is 4.74 Å². The summed E-state index contributed by atoms with van der Waals surface area (Å²) in [6.45, 7) is 3.85. The van der Waals surface area contributed by atoms with Crippen LogP contribution in [0.4, 0.5) is 0 Å². The highest BCUT2D eigenvalue weighted by Gasteiger charge is 2.58. The molecule has 0 aromatic heterocycles. The molecule has 0 saturated heterocycles. The first kappa shape index (κ1) is 16.4. The lowest BCUT2D eigenvalue weighted by molar-refractivity contribution is -0.158. The molecule has 3 heteroatoms. The Balaban J connectivity index is 1.60. The van der Waals surface area contributed by atoms with Crippen molar-refractivity contribution in [1.82, 2.24) is 0 Å². The van der Waals surface area contributed by atoms with Crippen LogP contribution in [0.5, 0.6) is 0 Å². The molecule has 0 radical (unpaired) electrons. The summed E-state index contributed by atoms with van der Waals surface area (Å²) in [4.78, 5) is 23.4. The second kappa shape index (κ2) is 6.00.